The van der Waals surface area contributed by atoms with Crippen LogP contribution >= 0.6 is 0 Å². The van der Waals surface area contributed by atoms with E-state index < -0.39 is 5.97 Å². The number of hydrogen-bond acceptors (Lipinski definition) is 2. The Morgan fingerprint density at radius 2 is 1.67 bits per heavy atom. The van der Waals surface area contributed by atoms with Gasteiger partial charge in [0, 0.05) is 33.3 Å². The summed E-state index contributed by atoms with van der Waals surface area (Å²) in [7, 11) is 0. The van der Waals surface area contributed by atoms with E-state index in [1.165, 1.54) is 0 Å². The standard InChI is InChI=1S/C2H4O2.Pb.Tl/c1-2(3)4;;/h1H3,(H,3,4);;/q;;+1/p-1. The Kier molecular flexibility index (Phi) is 25.0. The quantitative estimate of drug-likeness (QED) is 0.384. The molecule has 0 N–H and O–H groups in total. The average Bonchev–Trinajstić information content (AvgIpc) is 0.811. The van der Waals surface area contributed by atoms with Crippen molar-refractivity contribution in [3.05, 3.63) is 0 Å². The fraction of sp³-hybridized carbons (Fsp3) is 0.500. The van der Waals surface area contributed by atoms with Gasteiger partial charge >= 0.3 is 27.3 Å². The molecule has 0 atom stereocenters. The van der Waals surface area contributed by atoms with E-state index in [0.717, 1.165) is 6.92 Å². The van der Waals surface area contributed by atoms with Gasteiger partial charge in [-0.2, -0.15) is 0 Å². The molecule has 4 heteroatoms. The molecule has 2 nitrogen and oxygen atoms in total. The van der Waals surface area contributed by atoms with Gasteiger partial charge in [-0.3, -0.25) is 0 Å². The largest absolute Gasteiger partial charge is 1.00 e. The first kappa shape index (κ1) is 15.7. The van der Waals surface area contributed by atoms with E-state index in [2.05, 4.69) is 0 Å². The third kappa shape index (κ3) is 57.3. The molecule has 0 rings (SSSR count). The minimum atomic E-state index is -1.08. The number of aliphatic carboxylic acids is 1. The Bertz CT molecular complexity index is 34.5. The molecule has 0 unspecified atom stereocenters. The molecule has 30 valence electrons. The van der Waals surface area contributed by atoms with Crippen LogP contribution in [0.25, 0.3) is 0 Å². The third-order valence-electron chi connectivity index (χ3n) is 0. The van der Waals surface area contributed by atoms with Gasteiger partial charge in [0.25, 0.3) is 0 Å². The summed E-state index contributed by atoms with van der Waals surface area (Å²) in [6.45, 7) is 0.972. The third-order valence-corrected chi connectivity index (χ3v) is 0. The maximum absolute atomic E-state index is 8.89. The summed E-state index contributed by atoms with van der Waals surface area (Å²) in [5.41, 5.74) is 0. The molecule has 0 aliphatic rings. The summed E-state index contributed by atoms with van der Waals surface area (Å²) >= 11 is 0. The zero-order chi connectivity index (χ0) is 3.58. The van der Waals surface area contributed by atoms with Gasteiger partial charge in [-0.25, -0.2) is 0 Å². The number of carbonyl (C=O) groups is 1. The van der Waals surface area contributed by atoms with Crippen molar-refractivity contribution >= 4 is 60.6 Å². The molecule has 0 bridgehead atoms. The first-order valence-electron chi connectivity index (χ1n) is 0.908. The smallest absolute Gasteiger partial charge is 0.550 e. The number of hydrogen-bond donors (Lipinski definition) is 0. The van der Waals surface area contributed by atoms with Crippen molar-refractivity contribution in [1.29, 1.82) is 0 Å². The monoisotopic (exact) mass is 472 g/mol. The van der Waals surface area contributed by atoms with Crippen LogP contribution < -0.4 is 5.11 Å². The molecule has 6 heavy (non-hydrogen) atoms. The van der Waals surface area contributed by atoms with Crippen LogP contribution in [-0.2, 0) is 4.79 Å². The van der Waals surface area contributed by atoms with E-state index in [1.807, 2.05) is 0 Å². The van der Waals surface area contributed by atoms with Crippen LogP contribution in [0, 0.1) is 0 Å². The van der Waals surface area contributed by atoms with Crippen LogP contribution in [0.15, 0.2) is 0 Å². The number of rotatable bonds is 0. The fourth-order valence-electron chi connectivity index (χ4n) is 0. The maximum Gasteiger partial charge on any atom is 1.00 e. The van der Waals surface area contributed by atoms with E-state index in [0.29, 0.717) is 0 Å². The molecule has 0 aromatic heterocycles. The molecule has 4 radical (unpaired) electrons. The first-order valence-corrected chi connectivity index (χ1v) is 0.908. The van der Waals surface area contributed by atoms with Crippen molar-refractivity contribution in [2.45, 2.75) is 6.92 Å². The van der Waals surface area contributed by atoms with Crippen LogP contribution in [0.5, 0.6) is 0 Å². The summed E-state index contributed by atoms with van der Waals surface area (Å²) in [4.78, 5) is 8.89. The van der Waals surface area contributed by atoms with Gasteiger partial charge < -0.3 is 9.90 Å². The predicted octanol–water partition coefficient (Wildman–Crippen LogP) is -2.01. The SMILES string of the molecule is CC(=O)[O-].[Pb].[Tl+]. The Hall–Kier alpha value is 1.31. The molecule has 0 amide bonds. The second kappa shape index (κ2) is 9.58. The number of carbonyl (C=O) groups excluding carboxylic acids is 1. The van der Waals surface area contributed by atoms with Crippen LogP contribution in [0.2, 0.25) is 0 Å². The summed E-state index contributed by atoms with van der Waals surface area (Å²) in [5, 5.41) is 8.89. The van der Waals surface area contributed by atoms with E-state index >= 15 is 0 Å². The van der Waals surface area contributed by atoms with E-state index in [9.17, 15) is 0 Å². The van der Waals surface area contributed by atoms with Crippen LogP contribution in [0.3, 0.4) is 0 Å². The second-order valence-corrected chi connectivity index (χ2v) is 0.492. The Labute approximate surface area is 76.6 Å². The van der Waals surface area contributed by atoms with Gasteiger partial charge in [0.2, 0.25) is 0 Å². The normalized spacial score (nSPS) is 4.17. The van der Waals surface area contributed by atoms with Crippen molar-refractivity contribution in [1.82, 2.24) is 0 Å². The zero-order valence-electron chi connectivity index (χ0n) is 3.39. The van der Waals surface area contributed by atoms with Crippen molar-refractivity contribution < 1.29 is 9.90 Å². The molecule has 0 saturated carbocycles. The van der Waals surface area contributed by atoms with E-state index in [1.54, 1.807) is 0 Å². The molecule has 0 heterocycles. The minimum absolute atomic E-state index is 0. The van der Waals surface area contributed by atoms with Crippen molar-refractivity contribution in [3.63, 3.8) is 0 Å². The number of carboxylic acids is 1. The zero-order valence-corrected chi connectivity index (χ0v) is 11.8. The Morgan fingerprint density at radius 3 is 1.67 bits per heavy atom. The van der Waals surface area contributed by atoms with Crippen molar-refractivity contribution in [3.8, 4) is 0 Å². The molecule has 0 aliphatic heterocycles. The second-order valence-electron chi connectivity index (χ2n) is 0.492. The molecule has 0 spiro atoms. The molecule has 0 aromatic carbocycles. The van der Waals surface area contributed by atoms with Gasteiger partial charge in [0.1, 0.15) is 0 Å². The summed E-state index contributed by atoms with van der Waals surface area (Å²) in [5.74, 6) is -1.08. The summed E-state index contributed by atoms with van der Waals surface area (Å²) in [6, 6.07) is 0. The van der Waals surface area contributed by atoms with Crippen LogP contribution in [0.1, 0.15) is 6.92 Å². The van der Waals surface area contributed by atoms with Gasteiger partial charge in [-0.05, 0) is 6.92 Å². The predicted molar refractivity (Wildman–Crippen MR) is 22.2 cm³/mol. The first-order chi connectivity index (χ1) is 1.73. The molecular weight excluding hydrogens is 468 g/mol. The topological polar surface area (TPSA) is 40.1 Å². The summed E-state index contributed by atoms with van der Waals surface area (Å²) < 4.78 is 0. The van der Waals surface area contributed by atoms with Gasteiger partial charge in [-0.1, -0.05) is 0 Å². The van der Waals surface area contributed by atoms with E-state index in [4.69, 9.17) is 9.90 Å². The van der Waals surface area contributed by atoms with Crippen molar-refractivity contribution in [2.75, 3.05) is 0 Å². The van der Waals surface area contributed by atoms with Gasteiger partial charge in [0.15, 0.2) is 0 Å². The molecule has 0 aliphatic carbocycles. The van der Waals surface area contributed by atoms with Gasteiger partial charge in [-0.15, -0.1) is 0 Å². The molecule has 0 aromatic rings. The van der Waals surface area contributed by atoms with Gasteiger partial charge in [0.05, 0.1) is 0 Å². The molecule has 0 fully saturated rings. The minimum Gasteiger partial charge on any atom is -0.550 e. The van der Waals surface area contributed by atoms with Crippen LogP contribution in [0.4, 0.5) is 0 Å². The Balaban J connectivity index is -0.0000000450. The maximum atomic E-state index is 8.89. The molecule has 0 saturated heterocycles. The number of carboxylic acid groups (broad SMARTS) is 1. The Morgan fingerprint density at radius 1 is 1.67 bits per heavy atom. The van der Waals surface area contributed by atoms with Crippen molar-refractivity contribution in [2.24, 2.45) is 0 Å². The summed E-state index contributed by atoms with van der Waals surface area (Å²) in [6.07, 6.45) is 0. The fourth-order valence-corrected chi connectivity index (χ4v) is 0. The van der Waals surface area contributed by atoms with E-state index in [-0.39, 0.29) is 54.6 Å². The average molecular weight is 471 g/mol. The molecular formula is C2H3O2PbTl. The van der Waals surface area contributed by atoms with Crippen LogP contribution in [-0.4, -0.2) is 60.6 Å².